The van der Waals surface area contributed by atoms with E-state index in [0.717, 1.165) is 22.3 Å². The molecule has 0 radical (unpaired) electrons. The van der Waals surface area contributed by atoms with Crippen molar-refractivity contribution in [2.24, 2.45) is 0 Å². The highest BCUT2D eigenvalue weighted by atomic mass is 16.3. The van der Waals surface area contributed by atoms with Crippen molar-refractivity contribution in [3.05, 3.63) is 35.9 Å². The molecule has 2 N–H and O–H groups in total. The van der Waals surface area contributed by atoms with Crippen molar-refractivity contribution in [1.82, 2.24) is 4.98 Å². The molecule has 3 heteroatoms. The molecule has 0 amide bonds. The number of aliphatic hydroxyl groups excluding tert-OH is 1. The van der Waals surface area contributed by atoms with Gasteiger partial charge in [-0.05, 0) is 38.5 Å². The molecule has 2 rings (SSSR count). The minimum Gasteiger partial charge on any atom is -0.394 e. The number of aromatic nitrogens is 1. The lowest BCUT2D eigenvalue weighted by atomic mass is 10.1. The second-order valence-electron chi connectivity index (χ2n) is 5.01. The van der Waals surface area contributed by atoms with Gasteiger partial charge < -0.3 is 10.4 Å². The van der Waals surface area contributed by atoms with Crippen LogP contribution in [-0.4, -0.2) is 22.2 Å². The van der Waals surface area contributed by atoms with Crippen LogP contribution in [0.2, 0.25) is 0 Å². The number of hydrogen-bond acceptors (Lipinski definition) is 3. The van der Waals surface area contributed by atoms with Crippen LogP contribution in [0.1, 0.15) is 19.4 Å². The Bertz CT molecular complexity index is 535. The van der Waals surface area contributed by atoms with Crippen LogP contribution >= 0.6 is 0 Å². The van der Waals surface area contributed by atoms with Gasteiger partial charge in [-0.3, -0.25) is 0 Å². The van der Waals surface area contributed by atoms with Crippen molar-refractivity contribution < 1.29 is 5.11 Å². The highest BCUT2D eigenvalue weighted by Crippen LogP contribution is 2.22. The Balaban J connectivity index is 2.44. The van der Waals surface area contributed by atoms with Crippen LogP contribution < -0.4 is 5.32 Å². The first-order valence-electron chi connectivity index (χ1n) is 5.77. The van der Waals surface area contributed by atoms with E-state index >= 15 is 0 Å². The van der Waals surface area contributed by atoms with E-state index in [9.17, 15) is 5.11 Å². The number of rotatable bonds is 3. The summed E-state index contributed by atoms with van der Waals surface area (Å²) in [7, 11) is 0. The van der Waals surface area contributed by atoms with Crippen molar-refractivity contribution >= 4 is 16.7 Å². The Morgan fingerprint density at radius 2 is 2.00 bits per heavy atom. The lowest BCUT2D eigenvalue weighted by Crippen LogP contribution is -2.35. The minimum absolute atomic E-state index is 0.0704. The average Bonchev–Trinajstić information content (AvgIpc) is 2.30. The first-order chi connectivity index (χ1) is 8.02. The fraction of sp³-hybridized carbons (Fsp3) is 0.357. The van der Waals surface area contributed by atoms with Gasteiger partial charge in [-0.2, -0.15) is 0 Å². The summed E-state index contributed by atoms with van der Waals surface area (Å²) in [5, 5.41) is 13.7. The van der Waals surface area contributed by atoms with Gasteiger partial charge in [0.2, 0.25) is 0 Å². The molecular weight excluding hydrogens is 212 g/mol. The van der Waals surface area contributed by atoms with Crippen molar-refractivity contribution in [3.8, 4) is 0 Å². The summed E-state index contributed by atoms with van der Waals surface area (Å²) in [5.41, 5.74) is 1.69. The van der Waals surface area contributed by atoms with Crippen LogP contribution in [0, 0.1) is 6.92 Å². The fourth-order valence-electron chi connectivity index (χ4n) is 1.71. The van der Waals surface area contributed by atoms with E-state index in [2.05, 4.69) is 22.4 Å². The fourth-order valence-corrected chi connectivity index (χ4v) is 1.71. The minimum atomic E-state index is -0.361. The second-order valence-corrected chi connectivity index (χ2v) is 5.01. The molecule has 1 heterocycles. The molecule has 90 valence electrons. The quantitative estimate of drug-likeness (QED) is 0.852. The molecule has 0 aliphatic carbocycles. The molecule has 0 unspecified atom stereocenters. The van der Waals surface area contributed by atoms with Gasteiger partial charge in [0.15, 0.2) is 0 Å². The normalized spacial score (nSPS) is 11.8. The summed E-state index contributed by atoms with van der Waals surface area (Å²) < 4.78 is 0. The smallest absolute Gasteiger partial charge is 0.130 e. The molecule has 0 aliphatic heterocycles. The van der Waals surface area contributed by atoms with Gasteiger partial charge in [0, 0.05) is 5.39 Å². The molecular formula is C14H18N2O. The topological polar surface area (TPSA) is 45.2 Å². The standard InChI is InChI=1S/C14H18N2O/c1-10-8-11-6-4-5-7-12(11)15-13(10)16-14(2,3)9-17/h4-8,17H,9H2,1-3H3,(H,15,16). The number of hydrogen-bond donors (Lipinski definition) is 2. The van der Waals surface area contributed by atoms with Gasteiger partial charge in [0.25, 0.3) is 0 Å². The van der Waals surface area contributed by atoms with E-state index in [-0.39, 0.29) is 12.1 Å². The number of nitrogens with zero attached hydrogens (tertiary/aromatic N) is 1. The zero-order chi connectivity index (χ0) is 12.5. The number of aryl methyl sites for hydroxylation is 1. The van der Waals surface area contributed by atoms with Gasteiger partial charge in [-0.15, -0.1) is 0 Å². The Labute approximate surface area is 102 Å². The largest absolute Gasteiger partial charge is 0.394 e. The van der Waals surface area contributed by atoms with Crippen molar-refractivity contribution in [2.45, 2.75) is 26.3 Å². The van der Waals surface area contributed by atoms with Crippen LogP contribution in [0.3, 0.4) is 0 Å². The zero-order valence-electron chi connectivity index (χ0n) is 10.5. The third-order valence-corrected chi connectivity index (χ3v) is 2.77. The first kappa shape index (κ1) is 11.9. The van der Waals surface area contributed by atoms with E-state index in [1.807, 2.05) is 39.0 Å². The maximum absolute atomic E-state index is 9.27. The number of benzene rings is 1. The first-order valence-corrected chi connectivity index (χ1v) is 5.77. The van der Waals surface area contributed by atoms with Gasteiger partial charge >= 0.3 is 0 Å². The number of anilines is 1. The van der Waals surface area contributed by atoms with E-state index in [4.69, 9.17) is 0 Å². The molecule has 3 nitrogen and oxygen atoms in total. The molecule has 1 aromatic carbocycles. The van der Waals surface area contributed by atoms with Crippen molar-refractivity contribution in [2.75, 3.05) is 11.9 Å². The SMILES string of the molecule is Cc1cc2ccccc2nc1NC(C)(C)CO. The van der Waals surface area contributed by atoms with Gasteiger partial charge in [0.1, 0.15) is 5.82 Å². The Hall–Kier alpha value is -1.61. The Morgan fingerprint density at radius 3 is 2.71 bits per heavy atom. The lowest BCUT2D eigenvalue weighted by Gasteiger charge is -2.25. The van der Waals surface area contributed by atoms with Crippen LogP contribution in [-0.2, 0) is 0 Å². The third kappa shape index (κ3) is 2.56. The highest BCUT2D eigenvalue weighted by molar-refractivity contribution is 5.81. The maximum Gasteiger partial charge on any atom is 0.130 e. The molecule has 0 saturated heterocycles. The maximum atomic E-state index is 9.27. The summed E-state index contributed by atoms with van der Waals surface area (Å²) in [5.74, 6) is 0.836. The summed E-state index contributed by atoms with van der Waals surface area (Å²) >= 11 is 0. The molecule has 0 atom stereocenters. The summed E-state index contributed by atoms with van der Waals surface area (Å²) in [4.78, 5) is 4.59. The Kier molecular flexibility index (Phi) is 3.03. The van der Waals surface area contributed by atoms with Crippen molar-refractivity contribution in [3.63, 3.8) is 0 Å². The Morgan fingerprint density at radius 1 is 1.29 bits per heavy atom. The number of pyridine rings is 1. The molecule has 1 aromatic heterocycles. The monoisotopic (exact) mass is 230 g/mol. The second kappa shape index (κ2) is 4.34. The molecule has 17 heavy (non-hydrogen) atoms. The van der Waals surface area contributed by atoms with Gasteiger partial charge in [-0.1, -0.05) is 18.2 Å². The number of aliphatic hydroxyl groups is 1. The summed E-state index contributed by atoms with van der Waals surface area (Å²) in [6.07, 6.45) is 0. The van der Waals surface area contributed by atoms with Crippen LogP contribution in [0.25, 0.3) is 10.9 Å². The summed E-state index contributed by atoms with van der Waals surface area (Å²) in [6.45, 7) is 5.99. The summed E-state index contributed by atoms with van der Waals surface area (Å²) in [6, 6.07) is 10.1. The van der Waals surface area contributed by atoms with Crippen molar-refractivity contribution in [1.29, 1.82) is 0 Å². The van der Waals surface area contributed by atoms with E-state index in [1.54, 1.807) is 0 Å². The predicted molar refractivity (Wildman–Crippen MR) is 71.3 cm³/mol. The average molecular weight is 230 g/mol. The molecule has 0 bridgehead atoms. The predicted octanol–water partition coefficient (Wildman–Crippen LogP) is 2.73. The molecule has 2 aromatic rings. The molecule has 0 aliphatic rings. The van der Waals surface area contributed by atoms with Crippen LogP contribution in [0.4, 0.5) is 5.82 Å². The van der Waals surface area contributed by atoms with Gasteiger partial charge in [-0.25, -0.2) is 4.98 Å². The van der Waals surface area contributed by atoms with Crippen LogP contribution in [0.5, 0.6) is 0 Å². The van der Waals surface area contributed by atoms with Gasteiger partial charge in [0.05, 0.1) is 17.7 Å². The number of fused-ring (bicyclic) bond motifs is 1. The van der Waals surface area contributed by atoms with E-state index < -0.39 is 0 Å². The van der Waals surface area contributed by atoms with E-state index in [1.165, 1.54) is 0 Å². The molecule has 0 fully saturated rings. The lowest BCUT2D eigenvalue weighted by molar-refractivity contribution is 0.234. The molecule has 0 spiro atoms. The highest BCUT2D eigenvalue weighted by Gasteiger charge is 2.17. The molecule has 0 saturated carbocycles. The number of nitrogens with one attached hydrogen (secondary N) is 1. The third-order valence-electron chi connectivity index (χ3n) is 2.77. The van der Waals surface area contributed by atoms with Crippen LogP contribution in [0.15, 0.2) is 30.3 Å². The number of para-hydroxylation sites is 1. The van der Waals surface area contributed by atoms with E-state index in [0.29, 0.717) is 0 Å². The zero-order valence-corrected chi connectivity index (χ0v) is 10.5.